The summed E-state index contributed by atoms with van der Waals surface area (Å²) in [7, 11) is 0. The third-order valence-corrected chi connectivity index (χ3v) is 3.07. The second kappa shape index (κ2) is 5.60. The summed E-state index contributed by atoms with van der Waals surface area (Å²) >= 11 is 1.22. The fraction of sp³-hybridized carbons (Fsp3) is 0.273. The van der Waals surface area contributed by atoms with Crippen LogP contribution in [0.1, 0.15) is 18.2 Å². The highest BCUT2D eigenvalue weighted by molar-refractivity contribution is 7.10. The van der Waals surface area contributed by atoms with Crippen molar-refractivity contribution in [2.75, 3.05) is 5.43 Å². The molecule has 0 atom stereocenters. The molecule has 17 heavy (non-hydrogen) atoms. The lowest BCUT2D eigenvalue weighted by Gasteiger charge is -2.06. The molecule has 0 saturated heterocycles. The maximum absolute atomic E-state index is 5.64. The number of aromatic nitrogens is 2. The van der Waals surface area contributed by atoms with Gasteiger partial charge in [-0.3, -0.25) is 0 Å². The maximum atomic E-state index is 5.64. The van der Waals surface area contributed by atoms with Gasteiger partial charge >= 0.3 is 0 Å². The number of nitrogens with one attached hydrogen (secondary N) is 1. The molecule has 2 aromatic rings. The van der Waals surface area contributed by atoms with Gasteiger partial charge in [0, 0.05) is 11.5 Å². The predicted octanol–water partition coefficient (Wildman–Crippen LogP) is 1.97. The molecule has 0 unspecified atom stereocenters. The van der Waals surface area contributed by atoms with Crippen molar-refractivity contribution in [1.29, 1.82) is 0 Å². The molecule has 1 aromatic heterocycles. The minimum absolute atomic E-state index is 0.364. The molecule has 0 spiro atoms. The van der Waals surface area contributed by atoms with Gasteiger partial charge in [-0.25, -0.2) is 5.84 Å². The van der Waals surface area contributed by atoms with Crippen LogP contribution in [-0.2, 0) is 13.0 Å². The Morgan fingerprint density at radius 3 is 3.12 bits per heavy atom. The van der Waals surface area contributed by atoms with Crippen LogP contribution in [0.4, 0.5) is 5.00 Å². The van der Waals surface area contributed by atoms with E-state index in [9.17, 15) is 0 Å². The van der Waals surface area contributed by atoms with Crippen LogP contribution in [0.3, 0.4) is 0 Å². The summed E-state index contributed by atoms with van der Waals surface area (Å²) in [5.41, 5.74) is 4.52. The molecule has 6 heteroatoms. The summed E-state index contributed by atoms with van der Waals surface area (Å²) in [6.45, 7) is 2.48. The summed E-state index contributed by atoms with van der Waals surface area (Å²) in [4.78, 5) is 0. The fourth-order valence-electron chi connectivity index (χ4n) is 1.42. The van der Waals surface area contributed by atoms with E-state index in [1.54, 1.807) is 0 Å². The largest absolute Gasteiger partial charge is 0.487 e. The van der Waals surface area contributed by atoms with E-state index in [2.05, 4.69) is 28.0 Å². The van der Waals surface area contributed by atoms with Gasteiger partial charge in [0.2, 0.25) is 0 Å². The molecule has 1 aromatic carbocycles. The highest BCUT2D eigenvalue weighted by atomic mass is 32.1. The van der Waals surface area contributed by atoms with Crippen molar-refractivity contribution in [2.45, 2.75) is 20.0 Å². The molecule has 0 aliphatic carbocycles. The smallest absolute Gasteiger partial charge is 0.150 e. The zero-order chi connectivity index (χ0) is 12.1. The van der Waals surface area contributed by atoms with Gasteiger partial charge in [0.1, 0.15) is 18.1 Å². The molecule has 0 saturated carbocycles. The standard InChI is InChI=1S/C11H14N4OS/c1-2-8-4-3-5-9(6-8)16-7-10-11(13-12)17-15-14-10/h3-6,13H,2,7,12H2,1H3. The summed E-state index contributed by atoms with van der Waals surface area (Å²) in [6.07, 6.45) is 0.991. The average molecular weight is 250 g/mol. The molecule has 0 aliphatic heterocycles. The number of nitrogens with zero attached hydrogens (tertiary/aromatic N) is 2. The second-order valence-electron chi connectivity index (χ2n) is 3.48. The van der Waals surface area contributed by atoms with Crippen LogP contribution in [-0.4, -0.2) is 9.59 Å². The van der Waals surface area contributed by atoms with Crippen LogP contribution in [0.2, 0.25) is 0 Å². The monoisotopic (exact) mass is 250 g/mol. The zero-order valence-electron chi connectivity index (χ0n) is 9.51. The molecule has 0 aliphatic rings. The van der Waals surface area contributed by atoms with E-state index in [1.165, 1.54) is 17.1 Å². The lowest BCUT2D eigenvalue weighted by Crippen LogP contribution is -2.08. The van der Waals surface area contributed by atoms with Gasteiger partial charge in [-0.2, -0.15) is 0 Å². The average Bonchev–Trinajstić information content (AvgIpc) is 2.84. The number of nitrogen functional groups attached to an aromatic ring is 1. The van der Waals surface area contributed by atoms with Gasteiger partial charge in [-0.1, -0.05) is 23.5 Å². The summed E-state index contributed by atoms with van der Waals surface area (Å²) in [5, 5.41) is 4.68. The third-order valence-electron chi connectivity index (χ3n) is 2.37. The Kier molecular flexibility index (Phi) is 3.89. The quantitative estimate of drug-likeness (QED) is 0.627. The highest BCUT2D eigenvalue weighted by Crippen LogP contribution is 2.19. The van der Waals surface area contributed by atoms with Crippen LogP contribution < -0.4 is 16.0 Å². The highest BCUT2D eigenvalue weighted by Gasteiger charge is 2.07. The number of aryl methyl sites for hydroxylation is 1. The molecule has 0 fully saturated rings. The van der Waals surface area contributed by atoms with Crippen molar-refractivity contribution in [3.8, 4) is 5.75 Å². The third kappa shape index (κ3) is 2.92. The van der Waals surface area contributed by atoms with Crippen LogP contribution >= 0.6 is 11.5 Å². The van der Waals surface area contributed by atoms with Crippen molar-refractivity contribution in [2.24, 2.45) is 5.84 Å². The van der Waals surface area contributed by atoms with Crippen molar-refractivity contribution in [3.05, 3.63) is 35.5 Å². The summed E-state index contributed by atoms with van der Waals surface area (Å²) in [5.74, 6) is 6.17. The number of hydrogen-bond acceptors (Lipinski definition) is 6. The first-order valence-electron chi connectivity index (χ1n) is 5.33. The minimum atomic E-state index is 0.364. The molecule has 3 N–H and O–H groups in total. The Hall–Kier alpha value is -1.66. The predicted molar refractivity (Wildman–Crippen MR) is 67.9 cm³/mol. The van der Waals surface area contributed by atoms with E-state index in [1.807, 2.05) is 18.2 Å². The lowest BCUT2D eigenvalue weighted by molar-refractivity contribution is 0.301. The first kappa shape index (κ1) is 11.8. The van der Waals surface area contributed by atoms with E-state index >= 15 is 0 Å². The topological polar surface area (TPSA) is 73.1 Å². The number of nitrogens with two attached hydrogens (primary N) is 1. The van der Waals surface area contributed by atoms with Gasteiger partial charge in [-0.05, 0) is 24.1 Å². The van der Waals surface area contributed by atoms with Gasteiger partial charge in [-0.15, -0.1) is 5.10 Å². The molecule has 5 nitrogen and oxygen atoms in total. The summed E-state index contributed by atoms with van der Waals surface area (Å²) in [6, 6.07) is 8.00. The van der Waals surface area contributed by atoms with Crippen molar-refractivity contribution in [1.82, 2.24) is 9.59 Å². The Morgan fingerprint density at radius 1 is 1.47 bits per heavy atom. The number of ether oxygens (including phenoxy) is 1. The van der Waals surface area contributed by atoms with Gasteiger partial charge in [0.25, 0.3) is 0 Å². The van der Waals surface area contributed by atoms with E-state index in [0.717, 1.165) is 22.9 Å². The second-order valence-corrected chi connectivity index (χ2v) is 4.24. The normalized spacial score (nSPS) is 10.2. The SMILES string of the molecule is CCc1cccc(OCc2nnsc2NN)c1. The number of hydrazine groups is 1. The molecule has 0 radical (unpaired) electrons. The minimum Gasteiger partial charge on any atom is -0.487 e. The number of anilines is 1. The van der Waals surface area contributed by atoms with E-state index < -0.39 is 0 Å². The molecule has 2 rings (SSSR count). The summed E-state index contributed by atoms with van der Waals surface area (Å²) < 4.78 is 9.45. The fourth-order valence-corrected chi connectivity index (χ4v) is 1.90. The van der Waals surface area contributed by atoms with Crippen LogP contribution in [0.25, 0.3) is 0 Å². The van der Waals surface area contributed by atoms with E-state index in [-0.39, 0.29) is 0 Å². The molecule has 0 amide bonds. The van der Waals surface area contributed by atoms with Gasteiger partial charge < -0.3 is 10.2 Å². The first-order valence-corrected chi connectivity index (χ1v) is 6.10. The Balaban J connectivity index is 2.02. The van der Waals surface area contributed by atoms with E-state index in [4.69, 9.17) is 10.6 Å². The van der Waals surface area contributed by atoms with Crippen LogP contribution in [0.15, 0.2) is 24.3 Å². The number of rotatable bonds is 5. The molecule has 1 heterocycles. The molecular formula is C11H14N4OS. The molecule has 90 valence electrons. The van der Waals surface area contributed by atoms with Gasteiger partial charge in [0.15, 0.2) is 5.00 Å². The lowest BCUT2D eigenvalue weighted by atomic mass is 10.2. The molecular weight excluding hydrogens is 236 g/mol. The van der Waals surface area contributed by atoms with Crippen molar-refractivity contribution in [3.63, 3.8) is 0 Å². The maximum Gasteiger partial charge on any atom is 0.150 e. The number of benzene rings is 1. The van der Waals surface area contributed by atoms with Crippen molar-refractivity contribution >= 4 is 16.5 Å². The molecule has 0 bridgehead atoms. The van der Waals surface area contributed by atoms with Crippen LogP contribution in [0.5, 0.6) is 5.75 Å². The van der Waals surface area contributed by atoms with Crippen LogP contribution in [0, 0.1) is 0 Å². The zero-order valence-corrected chi connectivity index (χ0v) is 10.3. The first-order chi connectivity index (χ1) is 8.33. The number of hydrogen-bond donors (Lipinski definition) is 2. The Labute approximate surface area is 104 Å². The van der Waals surface area contributed by atoms with Gasteiger partial charge in [0.05, 0.1) is 0 Å². The Bertz CT molecular complexity index is 486. The van der Waals surface area contributed by atoms with E-state index in [0.29, 0.717) is 6.61 Å². The van der Waals surface area contributed by atoms with Crippen molar-refractivity contribution < 1.29 is 4.74 Å². The Morgan fingerprint density at radius 2 is 2.35 bits per heavy atom.